The number of fused-ring (bicyclic) bond motifs is 1. The number of nitrogens with zero attached hydrogens (tertiary/aromatic N) is 3. The van der Waals surface area contributed by atoms with Crippen molar-refractivity contribution in [3.05, 3.63) is 92.3 Å². The number of nitrogens with one attached hydrogen (secondary N) is 2. The van der Waals surface area contributed by atoms with E-state index in [1.165, 1.54) is 16.7 Å². The molecule has 2 N–H and O–H groups in total. The maximum atomic E-state index is 13.6. The minimum absolute atomic E-state index is 0.128. The molecule has 0 bridgehead atoms. The smallest absolute Gasteiger partial charge is 0.294 e. The fraction of sp³-hybridized carbons (Fsp3) is 0.280. The Labute approximate surface area is 190 Å². The molecule has 0 radical (unpaired) electrons. The number of benzene rings is 2. The van der Waals surface area contributed by atoms with E-state index in [9.17, 15) is 14.0 Å². The van der Waals surface area contributed by atoms with Crippen molar-refractivity contribution in [3.8, 4) is 6.07 Å². The number of aryl methyl sites for hydroxylation is 3. The Morgan fingerprint density at radius 2 is 2.06 bits per heavy atom. The largest absolute Gasteiger partial charge is 0.361 e. The van der Waals surface area contributed by atoms with Crippen LogP contribution in [0.5, 0.6) is 0 Å². The van der Waals surface area contributed by atoms with E-state index in [1.807, 2.05) is 19.1 Å². The van der Waals surface area contributed by atoms with E-state index in [-0.39, 0.29) is 29.6 Å². The maximum absolute atomic E-state index is 13.6. The first-order valence-electron chi connectivity index (χ1n) is 10.7. The van der Waals surface area contributed by atoms with Crippen LogP contribution in [0.1, 0.15) is 46.0 Å². The van der Waals surface area contributed by atoms with Crippen LogP contribution in [0.4, 0.5) is 10.2 Å². The van der Waals surface area contributed by atoms with Gasteiger partial charge in [-0.25, -0.2) is 9.37 Å². The molecule has 0 saturated carbocycles. The molecule has 4 rings (SSSR count). The molecule has 1 aliphatic rings. The number of anilines is 1. The second-order valence-electron chi connectivity index (χ2n) is 8.29. The van der Waals surface area contributed by atoms with E-state index in [1.54, 1.807) is 25.3 Å². The molecule has 0 spiro atoms. The summed E-state index contributed by atoms with van der Waals surface area (Å²) in [5.41, 5.74) is 4.23. The second-order valence-corrected chi connectivity index (χ2v) is 8.29. The Hall–Kier alpha value is -3.99. The SMILES string of the molecule is Cc1cc(F)cc(CNc2ncc3n(c2=O)[C@H](C(=O)NCc2ccc(C#N)cc2C)CC3)c1. The fourth-order valence-corrected chi connectivity index (χ4v) is 4.17. The van der Waals surface area contributed by atoms with Crippen molar-refractivity contribution in [1.82, 2.24) is 14.9 Å². The van der Waals surface area contributed by atoms with Crippen LogP contribution in [0.25, 0.3) is 0 Å². The number of halogens is 1. The van der Waals surface area contributed by atoms with Gasteiger partial charge in [-0.15, -0.1) is 0 Å². The predicted molar refractivity (Wildman–Crippen MR) is 122 cm³/mol. The molecule has 8 heteroatoms. The van der Waals surface area contributed by atoms with Gasteiger partial charge in [0.2, 0.25) is 5.91 Å². The van der Waals surface area contributed by atoms with Gasteiger partial charge in [0.1, 0.15) is 11.9 Å². The summed E-state index contributed by atoms with van der Waals surface area (Å²) in [5, 5.41) is 14.9. The lowest BCUT2D eigenvalue weighted by atomic mass is 10.1. The zero-order valence-corrected chi connectivity index (χ0v) is 18.5. The number of carbonyl (C=O) groups is 1. The third-order valence-corrected chi connectivity index (χ3v) is 5.85. The first-order valence-corrected chi connectivity index (χ1v) is 10.7. The van der Waals surface area contributed by atoms with Crippen LogP contribution in [0, 0.1) is 31.0 Å². The summed E-state index contributed by atoms with van der Waals surface area (Å²) in [6.07, 6.45) is 2.71. The van der Waals surface area contributed by atoms with Gasteiger partial charge in [-0.1, -0.05) is 12.1 Å². The summed E-state index contributed by atoms with van der Waals surface area (Å²) in [4.78, 5) is 30.2. The van der Waals surface area contributed by atoms with Crippen LogP contribution >= 0.6 is 0 Å². The molecule has 0 fully saturated rings. The average Bonchev–Trinajstić information content (AvgIpc) is 3.22. The van der Waals surface area contributed by atoms with Crippen molar-refractivity contribution in [1.29, 1.82) is 5.26 Å². The Morgan fingerprint density at radius 3 is 2.79 bits per heavy atom. The minimum atomic E-state index is -0.619. The van der Waals surface area contributed by atoms with Crippen LogP contribution in [0.2, 0.25) is 0 Å². The third kappa shape index (κ3) is 4.77. The van der Waals surface area contributed by atoms with E-state index in [2.05, 4.69) is 21.7 Å². The molecule has 1 atom stereocenters. The van der Waals surface area contributed by atoms with E-state index >= 15 is 0 Å². The van der Waals surface area contributed by atoms with Crippen LogP contribution in [0.15, 0.2) is 47.4 Å². The Morgan fingerprint density at radius 1 is 1.24 bits per heavy atom. The molecule has 0 saturated heterocycles. The summed E-state index contributed by atoms with van der Waals surface area (Å²) in [7, 11) is 0. The highest BCUT2D eigenvalue weighted by atomic mass is 19.1. The van der Waals surface area contributed by atoms with Gasteiger partial charge in [0.25, 0.3) is 5.56 Å². The highest BCUT2D eigenvalue weighted by Crippen LogP contribution is 2.24. The highest BCUT2D eigenvalue weighted by molar-refractivity contribution is 5.81. The van der Waals surface area contributed by atoms with E-state index in [0.29, 0.717) is 36.2 Å². The number of aromatic nitrogens is 2. The summed E-state index contributed by atoms with van der Waals surface area (Å²) < 4.78 is 15.1. The molecule has 1 amide bonds. The normalized spacial score (nSPS) is 14.4. The second kappa shape index (κ2) is 9.25. The number of hydrogen-bond acceptors (Lipinski definition) is 5. The molecule has 2 heterocycles. The predicted octanol–water partition coefficient (Wildman–Crippen LogP) is 3.29. The number of rotatable bonds is 6. The number of hydrogen-bond donors (Lipinski definition) is 2. The summed E-state index contributed by atoms with van der Waals surface area (Å²) in [6, 6.07) is 11.5. The van der Waals surface area contributed by atoms with Crippen molar-refractivity contribution < 1.29 is 9.18 Å². The highest BCUT2D eigenvalue weighted by Gasteiger charge is 2.30. The van der Waals surface area contributed by atoms with Crippen molar-refractivity contribution >= 4 is 11.7 Å². The number of nitriles is 1. The number of amides is 1. The minimum Gasteiger partial charge on any atom is -0.361 e. The Bertz CT molecular complexity index is 1310. The molecule has 0 aliphatic carbocycles. The molecule has 7 nitrogen and oxygen atoms in total. The zero-order chi connectivity index (χ0) is 23.5. The Kier molecular flexibility index (Phi) is 6.22. The molecule has 2 aromatic carbocycles. The van der Waals surface area contributed by atoms with Crippen LogP contribution in [-0.4, -0.2) is 15.5 Å². The summed E-state index contributed by atoms with van der Waals surface area (Å²) >= 11 is 0. The van der Waals surface area contributed by atoms with Crippen LogP contribution < -0.4 is 16.2 Å². The van der Waals surface area contributed by atoms with Gasteiger partial charge < -0.3 is 10.6 Å². The van der Waals surface area contributed by atoms with Gasteiger partial charge in [-0.3, -0.25) is 14.2 Å². The molecule has 0 unspecified atom stereocenters. The van der Waals surface area contributed by atoms with Crippen molar-refractivity contribution in [2.24, 2.45) is 0 Å². The molecular weight excluding hydrogens is 421 g/mol. The standard InChI is InChI=1S/C25H24FN5O2/c1-15-7-18(10-20(26)8-15)12-28-23-25(33)31-21(14-29-23)5-6-22(31)24(32)30-13-19-4-3-17(11-27)9-16(19)2/h3-4,7-10,14,22H,5-6,12-13H2,1-2H3,(H,28,29)(H,30,32)/t22-/m0/s1. The monoisotopic (exact) mass is 445 g/mol. The van der Waals surface area contributed by atoms with Crippen molar-refractivity contribution in [2.75, 3.05) is 5.32 Å². The van der Waals surface area contributed by atoms with Crippen molar-refractivity contribution in [2.45, 2.75) is 45.8 Å². The first kappa shape index (κ1) is 22.2. The lowest BCUT2D eigenvalue weighted by molar-refractivity contribution is -0.124. The summed E-state index contributed by atoms with van der Waals surface area (Å²) in [5.74, 6) is -0.444. The van der Waals surface area contributed by atoms with Gasteiger partial charge in [0, 0.05) is 25.0 Å². The Balaban J connectivity index is 1.48. The topological polar surface area (TPSA) is 99.8 Å². The van der Waals surface area contributed by atoms with Gasteiger partial charge in [-0.2, -0.15) is 5.26 Å². The lowest BCUT2D eigenvalue weighted by Gasteiger charge is -2.16. The van der Waals surface area contributed by atoms with Crippen molar-refractivity contribution in [3.63, 3.8) is 0 Å². The number of carbonyl (C=O) groups excluding carboxylic acids is 1. The molecule has 1 aliphatic heterocycles. The van der Waals surface area contributed by atoms with E-state index in [0.717, 1.165) is 16.7 Å². The molecule has 33 heavy (non-hydrogen) atoms. The molecule has 3 aromatic rings. The van der Waals surface area contributed by atoms with Gasteiger partial charge in [-0.05, 0) is 73.2 Å². The van der Waals surface area contributed by atoms with Gasteiger partial charge in [0.05, 0.1) is 11.6 Å². The van der Waals surface area contributed by atoms with Gasteiger partial charge in [0.15, 0.2) is 5.82 Å². The van der Waals surface area contributed by atoms with Gasteiger partial charge >= 0.3 is 0 Å². The van der Waals surface area contributed by atoms with Crippen LogP contribution in [0.3, 0.4) is 0 Å². The first-order chi connectivity index (χ1) is 15.9. The molecular formula is C25H24FN5O2. The molecule has 1 aromatic heterocycles. The van der Waals surface area contributed by atoms with E-state index < -0.39 is 6.04 Å². The van der Waals surface area contributed by atoms with E-state index in [4.69, 9.17) is 5.26 Å². The fourth-order valence-electron chi connectivity index (χ4n) is 4.17. The summed E-state index contributed by atoms with van der Waals surface area (Å²) in [6.45, 7) is 4.25. The third-order valence-electron chi connectivity index (χ3n) is 5.85. The molecule has 168 valence electrons. The average molecular weight is 445 g/mol. The lowest BCUT2D eigenvalue weighted by Crippen LogP contribution is -2.36. The zero-order valence-electron chi connectivity index (χ0n) is 18.5. The van der Waals surface area contributed by atoms with Crippen LogP contribution in [-0.2, 0) is 24.3 Å². The maximum Gasteiger partial charge on any atom is 0.294 e. The quantitative estimate of drug-likeness (QED) is 0.607.